The van der Waals surface area contributed by atoms with Crippen molar-refractivity contribution in [2.24, 2.45) is 5.92 Å². The second kappa shape index (κ2) is 8.16. The largest absolute Gasteiger partial charge is 0.369 e. The van der Waals surface area contributed by atoms with Crippen molar-refractivity contribution in [3.05, 3.63) is 29.3 Å². The van der Waals surface area contributed by atoms with E-state index in [-0.39, 0.29) is 0 Å². The molecule has 0 spiro atoms. The summed E-state index contributed by atoms with van der Waals surface area (Å²) in [6.45, 7) is 8.06. The Labute approximate surface area is 133 Å². The number of hydrogen-bond acceptors (Lipinski definition) is 3. The molecule has 1 aliphatic rings. The summed E-state index contributed by atoms with van der Waals surface area (Å²) in [7, 11) is 0. The molecule has 0 aliphatic carbocycles. The number of hydrogen-bond donors (Lipinski definition) is 1. The minimum Gasteiger partial charge on any atom is -0.369 e. The van der Waals surface area contributed by atoms with E-state index >= 15 is 0 Å². The Balaban J connectivity index is 1.75. The molecular weight excluding hydrogens is 288 g/mol. The Bertz CT molecular complexity index is 405. The fourth-order valence-corrected chi connectivity index (χ4v) is 3.30. The molecule has 2 nitrogen and oxygen atoms in total. The first-order chi connectivity index (χ1) is 9.69. The lowest BCUT2D eigenvalue weighted by Crippen LogP contribution is -2.46. The monoisotopic (exact) mass is 312 g/mol. The summed E-state index contributed by atoms with van der Waals surface area (Å²) in [5.41, 5.74) is 1.25. The van der Waals surface area contributed by atoms with Crippen LogP contribution in [0.5, 0.6) is 0 Å². The van der Waals surface area contributed by atoms with E-state index in [0.717, 1.165) is 42.9 Å². The molecule has 4 heteroatoms. The highest BCUT2D eigenvalue weighted by molar-refractivity contribution is 7.80. The van der Waals surface area contributed by atoms with Gasteiger partial charge in [0.1, 0.15) is 0 Å². The van der Waals surface area contributed by atoms with E-state index in [2.05, 4.69) is 41.5 Å². The van der Waals surface area contributed by atoms with Gasteiger partial charge in [-0.05, 0) is 49.3 Å². The van der Waals surface area contributed by atoms with Crippen LogP contribution in [0.1, 0.15) is 19.8 Å². The summed E-state index contributed by atoms with van der Waals surface area (Å²) in [5.74, 6) is 1.79. The molecule has 0 radical (unpaired) electrons. The molecule has 0 N–H and O–H groups in total. The number of rotatable bonds is 6. The van der Waals surface area contributed by atoms with E-state index < -0.39 is 0 Å². The van der Waals surface area contributed by atoms with Crippen LogP contribution in [0.4, 0.5) is 5.69 Å². The summed E-state index contributed by atoms with van der Waals surface area (Å²) >= 11 is 10.4. The number of nitrogens with zero attached hydrogens (tertiary/aromatic N) is 2. The van der Waals surface area contributed by atoms with Crippen molar-refractivity contribution < 1.29 is 0 Å². The Morgan fingerprint density at radius 2 is 1.95 bits per heavy atom. The number of piperazine rings is 1. The van der Waals surface area contributed by atoms with Crippen LogP contribution in [0.2, 0.25) is 5.02 Å². The molecule has 1 atom stereocenters. The van der Waals surface area contributed by atoms with Crippen LogP contribution >= 0.6 is 24.2 Å². The highest BCUT2D eigenvalue weighted by atomic mass is 35.5. The SMILES string of the molecule is CC(CCS)CCN1CCN(c2cccc(Cl)c2)CC1. The summed E-state index contributed by atoms with van der Waals surface area (Å²) in [5, 5.41) is 0.825. The zero-order valence-corrected chi connectivity index (χ0v) is 13.9. The minimum atomic E-state index is 0.790. The molecule has 0 saturated carbocycles. The maximum absolute atomic E-state index is 6.06. The molecule has 0 aromatic heterocycles. The number of benzene rings is 1. The first-order valence-corrected chi connectivity index (χ1v) is 8.54. The highest BCUT2D eigenvalue weighted by Gasteiger charge is 2.17. The average Bonchev–Trinajstić information content (AvgIpc) is 2.46. The highest BCUT2D eigenvalue weighted by Crippen LogP contribution is 2.21. The quantitative estimate of drug-likeness (QED) is 0.798. The van der Waals surface area contributed by atoms with Gasteiger partial charge in [0.15, 0.2) is 0 Å². The van der Waals surface area contributed by atoms with Gasteiger partial charge in [-0.25, -0.2) is 0 Å². The van der Waals surface area contributed by atoms with E-state index in [9.17, 15) is 0 Å². The Kier molecular flexibility index (Phi) is 6.53. The molecule has 1 fully saturated rings. The zero-order chi connectivity index (χ0) is 14.4. The number of anilines is 1. The Morgan fingerprint density at radius 1 is 1.20 bits per heavy atom. The lowest BCUT2D eigenvalue weighted by Gasteiger charge is -2.36. The van der Waals surface area contributed by atoms with E-state index in [0.29, 0.717) is 0 Å². The minimum absolute atomic E-state index is 0.790. The van der Waals surface area contributed by atoms with Crippen LogP contribution in [0.3, 0.4) is 0 Å². The summed E-state index contributed by atoms with van der Waals surface area (Å²) in [4.78, 5) is 5.01. The lowest BCUT2D eigenvalue weighted by atomic mass is 10.0. The average molecular weight is 313 g/mol. The molecule has 0 bridgehead atoms. The van der Waals surface area contributed by atoms with Crippen molar-refractivity contribution in [3.8, 4) is 0 Å². The van der Waals surface area contributed by atoms with E-state index in [1.54, 1.807) is 0 Å². The predicted octanol–water partition coefficient (Wildman–Crippen LogP) is 3.81. The molecule has 1 unspecified atom stereocenters. The van der Waals surface area contributed by atoms with Gasteiger partial charge in [0.05, 0.1) is 0 Å². The van der Waals surface area contributed by atoms with Gasteiger partial charge in [-0.15, -0.1) is 0 Å². The summed E-state index contributed by atoms with van der Waals surface area (Å²) < 4.78 is 0. The van der Waals surface area contributed by atoms with Gasteiger partial charge in [-0.2, -0.15) is 12.6 Å². The van der Waals surface area contributed by atoms with Gasteiger partial charge < -0.3 is 4.90 Å². The standard InChI is InChI=1S/C16H25ClN2S/c1-14(6-12-20)5-7-18-8-10-19(11-9-18)16-4-2-3-15(17)13-16/h2-4,13-14,20H,5-12H2,1H3. The van der Waals surface area contributed by atoms with Crippen LogP contribution in [-0.4, -0.2) is 43.4 Å². The van der Waals surface area contributed by atoms with Gasteiger partial charge in [0.25, 0.3) is 0 Å². The zero-order valence-electron chi connectivity index (χ0n) is 12.3. The lowest BCUT2D eigenvalue weighted by molar-refractivity contribution is 0.240. The molecule has 2 rings (SSSR count). The first-order valence-electron chi connectivity index (χ1n) is 7.53. The Morgan fingerprint density at radius 3 is 2.60 bits per heavy atom. The summed E-state index contributed by atoms with van der Waals surface area (Å²) in [6.07, 6.45) is 2.52. The Hall–Kier alpha value is -0.380. The third-order valence-corrected chi connectivity index (χ3v) is 4.60. The van der Waals surface area contributed by atoms with Crippen molar-refractivity contribution in [3.63, 3.8) is 0 Å². The van der Waals surface area contributed by atoms with E-state index in [4.69, 9.17) is 11.6 Å². The fourth-order valence-electron chi connectivity index (χ4n) is 2.67. The molecule has 0 amide bonds. The van der Waals surface area contributed by atoms with E-state index in [1.165, 1.54) is 25.1 Å². The number of thiol groups is 1. The second-order valence-electron chi connectivity index (χ2n) is 5.71. The van der Waals surface area contributed by atoms with Crippen molar-refractivity contribution in [2.45, 2.75) is 19.8 Å². The van der Waals surface area contributed by atoms with Crippen LogP contribution in [0.15, 0.2) is 24.3 Å². The van der Waals surface area contributed by atoms with Gasteiger partial charge in [-0.1, -0.05) is 24.6 Å². The fraction of sp³-hybridized carbons (Fsp3) is 0.625. The van der Waals surface area contributed by atoms with Crippen LogP contribution in [0.25, 0.3) is 0 Å². The smallest absolute Gasteiger partial charge is 0.0426 e. The van der Waals surface area contributed by atoms with Gasteiger partial charge in [0, 0.05) is 36.9 Å². The van der Waals surface area contributed by atoms with Crippen LogP contribution in [0, 0.1) is 5.92 Å². The van der Waals surface area contributed by atoms with Crippen LogP contribution in [-0.2, 0) is 0 Å². The topological polar surface area (TPSA) is 6.48 Å². The van der Waals surface area contributed by atoms with Crippen molar-refractivity contribution in [1.82, 2.24) is 4.90 Å². The van der Waals surface area contributed by atoms with Gasteiger partial charge in [0.2, 0.25) is 0 Å². The molecule has 1 heterocycles. The molecule has 1 saturated heterocycles. The van der Waals surface area contributed by atoms with Crippen molar-refractivity contribution >= 4 is 29.9 Å². The molecule has 1 aliphatic heterocycles. The predicted molar refractivity (Wildman–Crippen MR) is 92.4 cm³/mol. The second-order valence-corrected chi connectivity index (χ2v) is 6.60. The van der Waals surface area contributed by atoms with Gasteiger partial charge in [-0.3, -0.25) is 4.90 Å². The molecule has 20 heavy (non-hydrogen) atoms. The third kappa shape index (κ3) is 4.87. The van der Waals surface area contributed by atoms with E-state index in [1.807, 2.05) is 12.1 Å². The number of halogens is 1. The van der Waals surface area contributed by atoms with Crippen molar-refractivity contribution in [2.75, 3.05) is 43.4 Å². The summed E-state index contributed by atoms with van der Waals surface area (Å²) in [6, 6.07) is 8.18. The molecule has 1 aromatic rings. The normalized spacial score (nSPS) is 18.2. The third-order valence-electron chi connectivity index (χ3n) is 4.11. The first kappa shape index (κ1) is 16.0. The molecule has 112 valence electrons. The maximum atomic E-state index is 6.06. The van der Waals surface area contributed by atoms with Gasteiger partial charge >= 0.3 is 0 Å². The van der Waals surface area contributed by atoms with Crippen molar-refractivity contribution in [1.29, 1.82) is 0 Å². The molecule has 1 aromatic carbocycles. The van der Waals surface area contributed by atoms with Crippen LogP contribution < -0.4 is 4.90 Å². The maximum Gasteiger partial charge on any atom is 0.0426 e. The molecular formula is C16H25ClN2S.